The van der Waals surface area contributed by atoms with Crippen molar-refractivity contribution in [1.82, 2.24) is 19.8 Å². The normalized spacial score (nSPS) is 27.0. The lowest BCUT2D eigenvalue weighted by Gasteiger charge is -2.45. The van der Waals surface area contributed by atoms with E-state index in [4.69, 9.17) is 27.8 Å². The highest BCUT2D eigenvalue weighted by Crippen LogP contribution is 2.46. The van der Waals surface area contributed by atoms with Gasteiger partial charge in [-0.3, -0.25) is 38.4 Å². The number of carbonyl (C=O) groups excluding carboxylic acids is 4. The van der Waals surface area contributed by atoms with Crippen LogP contribution in [0.1, 0.15) is 68.5 Å². The van der Waals surface area contributed by atoms with Crippen molar-refractivity contribution in [1.29, 1.82) is 0 Å². The number of aromatic amines is 1. The van der Waals surface area contributed by atoms with Gasteiger partial charge in [0.15, 0.2) is 29.0 Å². The van der Waals surface area contributed by atoms with Crippen molar-refractivity contribution in [3.05, 3.63) is 33.1 Å². The molecule has 1 aromatic heterocycles. The number of hydrogen-bond donors (Lipinski definition) is 2. The Balaban J connectivity index is 2.30. The van der Waals surface area contributed by atoms with Gasteiger partial charge in [-0.25, -0.2) is 4.79 Å². The van der Waals surface area contributed by atoms with Gasteiger partial charge < -0.3 is 33.1 Å². The van der Waals surface area contributed by atoms with E-state index in [0.717, 1.165) is 0 Å². The SMILES string of the molecule is CC(=O)OC[C@H]1NC(=O)[C@@H]([C@H](OC(C)=O)[C@H]2O[C@@H](n3ccc(=O)[nH]c3=O)[C@H](O[Si](C)(C)C(C)(C)C)[C@@H]2O[Si](C)(C)C(C)(C)C)N(C)C[C@H]1OC(C)=O. The first-order valence-electron chi connectivity index (χ1n) is 17.5. The van der Waals surface area contributed by atoms with Gasteiger partial charge in [-0.2, -0.15) is 0 Å². The van der Waals surface area contributed by atoms with Crippen LogP contribution in [0.2, 0.25) is 36.3 Å². The average Bonchev–Trinajstić information content (AvgIpc) is 3.22. The molecule has 18 heteroatoms. The second-order valence-corrected chi connectivity index (χ2v) is 26.2. The number of ether oxygens (including phenoxy) is 4. The Morgan fingerprint density at radius 2 is 1.46 bits per heavy atom. The summed E-state index contributed by atoms with van der Waals surface area (Å²) >= 11 is 0. The summed E-state index contributed by atoms with van der Waals surface area (Å²) in [5, 5.41) is 2.21. The molecule has 8 atom stereocenters. The smallest absolute Gasteiger partial charge is 0.330 e. The van der Waals surface area contributed by atoms with E-state index in [-0.39, 0.29) is 23.2 Å². The molecule has 0 unspecified atom stereocenters. The molecular weight excluding hydrogens is 713 g/mol. The average molecular weight is 771 g/mol. The number of esters is 3. The molecule has 3 heterocycles. The Hall–Kier alpha value is -3.17. The van der Waals surface area contributed by atoms with E-state index in [0.29, 0.717) is 0 Å². The first kappa shape index (κ1) is 43.2. The van der Waals surface area contributed by atoms with E-state index < -0.39 is 101 Å². The van der Waals surface area contributed by atoms with Crippen molar-refractivity contribution in [2.24, 2.45) is 0 Å². The van der Waals surface area contributed by atoms with Crippen LogP contribution in [-0.4, -0.2) is 118 Å². The first-order chi connectivity index (χ1) is 23.7. The summed E-state index contributed by atoms with van der Waals surface area (Å²) in [6.07, 6.45) is -5.33. The summed E-state index contributed by atoms with van der Waals surface area (Å²) in [6, 6.07) is -0.990. The van der Waals surface area contributed by atoms with Gasteiger partial charge in [-0.15, -0.1) is 0 Å². The third kappa shape index (κ3) is 10.1. The molecule has 0 radical (unpaired) electrons. The molecule has 3 rings (SSSR count). The van der Waals surface area contributed by atoms with Crippen LogP contribution in [-0.2, 0) is 47.0 Å². The largest absolute Gasteiger partial charge is 0.464 e. The number of aromatic nitrogens is 2. The van der Waals surface area contributed by atoms with Gasteiger partial charge in [-0.05, 0) is 43.3 Å². The Bertz CT molecular complexity index is 1600. The van der Waals surface area contributed by atoms with Gasteiger partial charge in [0.05, 0.1) is 0 Å². The molecule has 1 amide bonds. The fourth-order valence-corrected chi connectivity index (χ4v) is 8.34. The van der Waals surface area contributed by atoms with Gasteiger partial charge in [0.25, 0.3) is 5.56 Å². The molecule has 0 saturated carbocycles. The fraction of sp³-hybridized carbons (Fsp3) is 0.765. The molecule has 16 nitrogen and oxygen atoms in total. The maximum atomic E-state index is 14.3. The van der Waals surface area contributed by atoms with Gasteiger partial charge in [-0.1, -0.05) is 41.5 Å². The molecule has 2 N–H and O–H groups in total. The van der Waals surface area contributed by atoms with Gasteiger partial charge in [0.2, 0.25) is 5.91 Å². The van der Waals surface area contributed by atoms with E-state index in [1.165, 1.54) is 37.6 Å². The molecule has 2 fully saturated rings. The second-order valence-electron chi connectivity index (χ2n) is 16.7. The van der Waals surface area contributed by atoms with Crippen molar-refractivity contribution < 1.29 is 47.0 Å². The summed E-state index contributed by atoms with van der Waals surface area (Å²) in [7, 11) is -3.79. The van der Waals surface area contributed by atoms with Gasteiger partial charge in [0, 0.05) is 39.6 Å². The lowest BCUT2D eigenvalue weighted by atomic mass is 9.97. The van der Waals surface area contributed by atoms with E-state index in [1.807, 2.05) is 26.2 Å². The van der Waals surface area contributed by atoms with E-state index in [1.54, 1.807) is 11.9 Å². The fourth-order valence-electron chi connectivity index (χ4n) is 5.75. The minimum absolute atomic E-state index is 0.0279. The van der Waals surface area contributed by atoms with Crippen molar-refractivity contribution in [3.8, 4) is 0 Å². The predicted octanol–water partition coefficient (Wildman–Crippen LogP) is 2.44. The highest BCUT2D eigenvalue weighted by Gasteiger charge is 2.59. The minimum atomic E-state index is -2.72. The van der Waals surface area contributed by atoms with E-state index >= 15 is 0 Å². The number of likely N-dealkylation sites (N-methyl/N-ethyl adjacent to an activating group) is 1. The van der Waals surface area contributed by atoms with Crippen LogP contribution in [0.3, 0.4) is 0 Å². The van der Waals surface area contributed by atoms with Crippen molar-refractivity contribution in [2.45, 2.75) is 147 Å². The molecule has 0 spiro atoms. The second kappa shape index (κ2) is 16.1. The zero-order valence-electron chi connectivity index (χ0n) is 33.0. The summed E-state index contributed by atoms with van der Waals surface area (Å²) in [5.41, 5.74) is -1.36. The van der Waals surface area contributed by atoms with Crippen LogP contribution in [0.25, 0.3) is 0 Å². The Morgan fingerprint density at radius 3 is 1.94 bits per heavy atom. The maximum Gasteiger partial charge on any atom is 0.330 e. The number of rotatable bonds is 11. The maximum absolute atomic E-state index is 14.3. The van der Waals surface area contributed by atoms with E-state index in [2.05, 4.69) is 51.8 Å². The van der Waals surface area contributed by atoms with Crippen LogP contribution >= 0.6 is 0 Å². The number of nitrogens with one attached hydrogen (secondary N) is 2. The van der Waals surface area contributed by atoms with Crippen LogP contribution < -0.4 is 16.6 Å². The summed E-state index contributed by atoms with van der Waals surface area (Å²) in [4.78, 5) is 80.5. The number of carbonyl (C=O) groups is 4. The lowest BCUT2D eigenvalue weighted by Crippen LogP contribution is -2.61. The minimum Gasteiger partial charge on any atom is -0.464 e. The van der Waals surface area contributed by atoms with Crippen molar-refractivity contribution in [3.63, 3.8) is 0 Å². The number of H-pyrrole nitrogens is 1. The standard InChI is InChI=1S/C34H58N4O12Si2/c1-19(39)45-18-22-23(46-20(2)40)17-37(10)25(30(43)35-22)26(47-21(3)41)27-28(49-51(11,12)33(4,5)6)29(50-52(13,14)34(7,8)9)31(48-27)38-16-15-24(42)36-32(38)44/h15-16,22-23,25-29,31H,17-18H2,1-14H3,(H,35,43)(H,36,42,44)/t22-,23-,25-,26+,27-,28-,29-,31-/m1/s1. The molecular formula is C34H58N4O12Si2. The Labute approximate surface area is 307 Å². The number of amides is 1. The lowest BCUT2D eigenvalue weighted by molar-refractivity contribution is -0.170. The number of hydrogen-bond acceptors (Lipinski definition) is 13. The Kier molecular flexibility index (Phi) is 13.4. The van der Waals surface area contributed by atoms with Crippen LogP contribution in [0, 0.1) is 0 Å². The monoisotopic (exact) mass is 770 g/mol. The zero-order valence-corrected chi connectivity index (χ0v) is 35.0. The highest BCUT2D eigenvalue weighted by molar-refractivity contribution is 6.74. The summed E-state index contributed by atoms with van der Waals surface area (Å²) in [5.74, 6) is -2.55. The highest BCUT2D eigenvalue weighted by atomic mass is 28.4. The molecule has 2 aliphatic rings. The molecule has 52 heavy (non-hydrogen) atoms. The molecule has 2 aliphatic heterocycles. The summed E-state index contributed by atoms with van der Waals surface area (Å²) < 4.78 is 39.0. The first-order valence-corrected chi connectivity index (χ1v) is 23.3. The molecule has 0 aromatic carbocycles. The zero-order chi connectivity index (χ0) is 39.7. The quantitative estimate of drug-likeness (QED) is 0.190. The molecule has 294 valence electrons. The van der Waals surface area contributed by atoms with Crippen molar-refractivity contribution >= 4 is 40.4 Å². The van der Waals surface area contributed by atoms with E-state index in [9.17, 15) is 28.8 Å². The van der Waals surface area contributed by atoms with Gasteiger partial charge in [0.1, 0.15) is 43.1 Å². The summed E-state index contributed by atoms with van der Waals surface area (Å²) in [6.45, 7) is 23.9. The molecule has 2 saturated heterocycles. The Morgan fingerprint density at radius 1 is 0.904 bits per heavy atom. The molecule has 0 bridgehead atoms. The van der Waals surface area contributed by atoms with Crippen molar-refractivity contribution in [2.75, 3.05) is 20.2 Å². The third-order valence-electron chi connectivity index (χ3n) is 10.5. The van der Waals surface area contributed by atoms with Gasteiger partial charge >= 0.3 is 23.6 Å². The topological polar surface area (TPSA) is 194 Å². The van der Waals surface area contributed by atoms with Crippen LogP contribution in [0.4, 0.5) is 0 Å². The predicted molar refractivity (Wildman–Crippen MR) is 195 cm³/mol. The molecule has 1 aromatic rings. The molecule has 0 aliphatic carbocycles. The van der Waals surface area contributed by atoms with Crippen LogP contribution in [0.5, 0.6) is 0 Å². The van der Waals surface area contributed by atoms with Crippen LogP contribution in [0.15, 0.2) is 21.9 Å². The number of nitrogens with zero attached hydrogens (tertiary/aromatic N) is 2. The third-order valence-corrected chi connectivity index (χ3v) is 19.5.